The molecule has 12 heteroatoms. The molecule has 2 amide bonds. The van der Waals surface area contributed by atoms with E-state index in [1.165, 1.54) is 12.1 Å². The molecule has 0 saturated heterocycles. The Morgan fingerprint density at radius 1 is 0.455 bits per heavy atom. The van der Waals surface area contributed by atoms with Crippen LogP contribution in [0.5, 0.6) is 0 Å². The van der Waals surface area contributed by atoms with Crippen molar-refractivity contribution in [3.05, 3.63) is 210 Å². The Bertz CT molecular complexity index is 3820. The van der Waals surface area contributed by atoms with Crippen molar-refractivity contribution in [2.24, 2.45) is 5.92 Å². The number of benzene rings is 7. The van der Waals surface area contributed by atoms with Crippen LogP contribution in [0.4, 0.5) is 11.4 Å². The van der Waals surface area contributed by atoms with Gasteiger partial charge in [-0.1, -0.05) is 92.2 Å². The zero-order chi connectivity index (χ0) is 46.1. The highest BCUT2D eigenvalue weighted by atomic mass is 16.2. The van der Waals surface area contributed by atoms with E-state index >= 15 is 0 Å². The first kappa shape index (κ1) is 41.1. The Morgan fingerprint density at radius 2 is 0.985 bits per heavy atom. The molecule has 4 N–H and O–H groups in total. The van der Waals surface area contributed by atoms with Gasteiger partial charge in [0.1, 0.15) is 0 Å². The predicted molar refractivity (Wildman–Crippen MR) is 253 cm³/mol. The Morgan fingerprint density at radius 3 is 1.64 bits per heavy atom. The zero-order valence-corrected chi connectivity index (χ0v) is 35.5. The summed E-state index contributed by atoms with van der Waals surface area (Å²) < 4.78 is 0. The van der Waals surface area contributed by atoms with Crippen LogP contribution in [0.25, 0.3) is 43.6 Å². The van der Waals surface area contributed by atoms with Crippen molar-refractivity contribution >= 4 is 89.9 Å². The van der Waals surface area contributed by atoms with Crippen molar-refractivity contribution in [1.82, 2.24) is 9.97 Å². The van der Waals surface area contributed by atoms with Crippen LogP contribution in [-0.2, 0) is 4.79 Å². The van der Waals surface area contributed by atoms with E-state index in [9.17, 15) is 38.4 Å². The van der Waals surface area contributed by atoms with Gasteiger partial charge in [-0.15, -0.1) is 0 Å². The molecular weight excluding hydrogens is 833 g/mol. The second-order valence-corrected chi connectivity index (χ2v) is 16.6. The second-order valence-electron chi connectivity index (χ2n) is 16.6. The third-order valence-corrected chi connectivity index (χ3v) is 12.1. The van der Waals surface area contributed by atoms with Crippen LogP contribution in [-0.4, -0.2) is 44.9 Å². The molecule has 66 heavy (non-hydrogen) atoms. The molecule has 9 aromatic rings. The first-order valence-electron chi connectivity index (χ1n) is 21.1. The molecule has 320 valence electrons. The van der Waals surface area contributed by atoms with Gasteiger partial charge in [0.25, 0.3) is 5.91 Å². The minimum atomic E-state index is -0.438. The average molecular weight is 869 g/mol. The topological polar surface area (TPSA) is 192 Å². The summed E-state index contributed by atoms with van der Waals surface area (Å²) in [5.74, 6) is -2.44. The number of anilines is 2. The normalized spacial score (nSPS) is 12.7. The Balaban J connectivity index is 0.000000156. The lowest BCUT2D eigenvalue weighted by Gasteiger charge is -2.22. The summed E-state index contributed by atoms with van der Waals surface area (Å²) >= 11 is 0. The molecule has 2 aliphatic carbocycles. The molecule has 0 spiro atoms. The highest BCUT2D eigenvalue weighted by molar-refractivity contribution is 6.35. The number of H-pyrrole nitrogens is 2. The number of fused-ring (bicyclic) bond motifs is 10. The summed E-state index contributed by atoms with van der Waals surface area (Å²) in [6.45, 7) is 5.37. The maximum Gasteiger partial charge on any atom is 0.255 e. The molecule has 7 aromatic carbocycles. The largest absolute Gasteiger partial charge is 0.354 e. The van der Waals surface area contributed by atoms with Gasteiger partial charge in [0.2, 0.25) is 5.91 Å². The monoisotopic (exact) mass is 868 g/mol. The number of aryl methyl sites for hydroxylation is 1. The van der Waals surface area contributed by atoms with Crippen molar-refractivity contribution in [3.63, 3.8) is 0 Å². The van der Waals surface area contributed by atoms with Gasteiger partial charge in [-0.25, -0.2) is 0 Å². The smallest absolute Gasteiger partial charge is 0.255 e. The van der Waals surface area contributed by atoms with Crippen LogP contribution >= 0.6 is 0 Å². The van der Waals surface area contributed by atoms with Gasteiger partial charge in [-0.2, -0.15) is 0 Å². The zero-order valence-electron chi connectivity index (χ0n) is 35.5. The molecule has 0 saturated carbocycles. The fourth-order valence-electron chi connectivity index (χ4n) is 8.81. The van der Waals surface area contributed by atoms with E-state index in [4.69, 9.17) is 0 Å². The molecule has 2 heterocycles. The van der Waals surface area contributed by atoms with Crippen molar-refractivity contribution in [2.75, 3.05) is 10.6 Å². The second kappa shape index (κ2) is 15.7. The number of hydrogen-bond acceptors (Lipinski definition) is 8. The van der Waals surface area contributed by atoms with E-state index in [1.54, 1.807) is 129 Å². The number of carbonyl (C=O) groups excluding carboxylic acids is 6. The van der Waals surface area contributed by atoms with Crippen molar-refractivity contribution in [1.29, 1.82) is 0 Å². The van der Waals surface area contributed by atoms with E-state index in [-0.39, 0.29) is 107 Å². The number of para-hydroxylation sites is 2. The van der Waals surface area contributed by atoms with Crippen LogP contribution < -0.4 is 21.5 Å². The first-order valence-corrected chi connectivity index (χ1v) is 21.1. The lowest BCUT2D eigenvalue weighted by Crippen LogP contribution is -2.26. The van der Waals surface area contributed by atoms with Crippen LogP contribution in [0.3, 0.4) is 0 Å². The summed E-state index contributed by atoms with van der Waals surface area (Å²) in [6.07, 6.45) is 0. The maximum absolute atomic E-state index is 13.7. The third-order valence-electron chi connectivity index (χ3n) is 12.1. The molecular formula is C54H36N4O8. The number of nitrogens with one attached hydrogen (secondary N) is 4. The molecule has 0 atom stereocenters. The summed E-state index contributed by atoms with van der Waals surface area (Å²) in [7, 11) is 0. The number of amides is 2. The van der Waals surface area contributed by atoms with E-state index < -0.39 is 5.91 Å². The van der Waals surface area contributed by atoms with Crippen LogP contribution in [0.15, 0.2) is 143 Å². The summed E-state index contributed by atoms with van der Waals surface area (Å²) in [5, 5.41) is 7.09. The maximum atomic E-state index is 13.7. The number of rotatable bonds is 4. The van der Waals surface area contributed by atoms with E-state index in [1.807, 2.05) is 13.0 Å². The number of hydrogen-bond donors (Lipinski definition) is 4. The van der Waals surface area contributed by atoms with Crippen LogP contribution in [0.2, 0.25) is 0 Å². The molecule has 12 nitrogen and oxygen atoms in total. The standard InChI is InChI=1S/C29H18N2O4.C25H18N2O4/c1-15-7-6-8-16(13-15)29(35)31-22-14-20-25(30-21-12-5-4-11-19(21)26(20)32)24-23(22)27(33)17-9-2-3-10-18(17)28(24)34;1-12(2)25(31)27-18-9-5-7-14-19(18)23(29)15-10-11-16-21(20(15)24(14)30)26-17-8-4-3-6-13(17)22(16)28/h2-14H,1H3,(H,30,32)(H,31,35);3-12H,1-2H3,(H,26,28)(H,27,31). The van der Waals surface area contributed by atoms with Gasteiger partial charge in [0.05, 0.1) is 44.7 Å². The number of carbonyl (C=O) groups is 6. The molecule has 0 bridgehead atoms. The van der Waals surface area contributed by atoms with E-state index in [0.717, 1.165) is 5.56 Å². The SMILES string of the molecule is CC(C)C(=O)Nc1cccc2c1C(=O)c1ccc3c(=O)c4ccccc4[nH]c3c1C2=O.Cc1cccc(C(=O)Nc2cc3c(=O)c4ccccc4[nH]c3c3c2C(=O)c2ccccc2C3=O)c1. The predicted octanol–water partition coefficient (Wildman–Crippen LogP) is 9.07. The van der Waals surface area contributed by atoms with Crippen molar-refractivity contribution in [3.8, 4) is 0 Å². The highest BCUT2D eigenvalue weighted by Gasteiger charge is 2.36. The molecule has 0 unspecified atom stereocenters. The van der Waals surface area contributed by atoms with Crippen molar-refractivity contribution in [2.45, 2.75) is 20.8 Å². The lowest BCUT2D eigenvalue weighted by atomic mass is 9.81. The Hall–Kier alpha value is -8.90. The average Bonchev–Trinajstić information content (AvgIpc) is 3.32. The van der Waals surface area contributed by atoms with Gasteiger partial charge in [0.15, 0.2) is 34.0 Å². The van der Waals surface area contributed by atoms with Crippen LogP contribution in [0, 0.1) is 12.8 Å². The highest BCUT2D eigenvalue weighted by Crippen LogP contribution is 2.38. The number of aromatic nitrogens is 2. The Labute approximate surface area is 374 Å². The van der Waals surface area contributed by atoms with E-state index in [0.29, 0.717) is 44.0 Å². The first-order chi connectivity index (χ1) is 31.8. The minimum absolute atomic E-state index is 0.0770. The molecule has 0 radical (unpaired) electrons. The number of pyridine rings is 2. The van der Waals surface area contributed by atoms with Gasteiger partial charge < -0.3 is 20.6 Å². The fraction of sp³-hybridized carbons (Fsp3) is 0.0741. The van der Waals surface area contributed by atoms with Gasteiger partial charge in [0, 0.05) is 66.3 Å². The molecule has 11 rings (SSSR count). The number of aromatic amines is 2. The Kier molecular flexibility index (Phi) is 9.79. The molecule has 0 fully saturated rings. The summed E-state index contributed by atoms with van der Waals surface area (Å²) in [5.41, 5.74) is 4.53. The minimum Gasteiger partial charge on any atom is -0.354 e. The molecule has 2 aliphatic rings. The van der Waals surface area contributed by atoms with E-state index in [2.05, 4.69) is 20.6 Å². The molecule has 2 aromatic heterocycles. The number of ketones is 4. The third kappa shape index (κ3) is 6.53. The van der Waals surface area contributed by atoms with Gasteiger partial charge >= 0.3 is 0 Å². The van der Waals surface area contributed by atoms with Gasteiger partial charge in [-0.3, -0.25) is 38.4 Å². The molecule has 0 aliphatic heterocycles. The van der Waals surface area contributed by atoms with Crippen molar-refractivity contribution < 1.29 is 28.8 Å². The van der Waals surface area contributed by atoms with Crippen LogP contribution in [0.1, 0.15) is 93.5 Å². The fourth-order valence-corrected chi connectivity index (χ4v) is 8.81. The summed E-state index contributed by atoms with van der Waals surface area (Å²) in [6, 6.07) is 37.1. The quantitative estimate of drug-likeness (QED) is 0.126. The summed E-state index contributed by atoms with van der Waals surface area (Å²) in [4.78, 5) is 112. The van der Waals surface area contributed by atoms with Gasteiger partial charge in [-0.05, 0) is 67.6 Å². The lowest BCUT2D eigenvalue weighted by molar-refractivity contribution is -0.118.